The van der Waals surface area contributed by atoms with Crippen molar-refractivity contribution in [1.29, 1.82) is 0 Å². The SMILES string of the molecule is Cc1cc(-c2cc(-c3nccs3)c(Cl)cc2-c2ccc(S(C)(=O)=O)cc2)ccc1Cl. The van der Waals surface area contributed by atoms with Crippen LogP contribution in [0.3, 0.4) is 0 Å². The number of benzene rings is 3. The van der Waals surface area contributed by atoms with Gasteiger partial charge in [0.25, 0.3) is 0 Å². The molecule has 3 nitrogen and oxygen atoms in total. The Morgan fingerprint density at radius 1 is 0.833 bits per heavy atom. The van der Waals surface area contributed by atoms with E-state index in [1.54, 1.807) is 30.5 Å². The van der Waals surface area contributed by atoms with Crippen LogP contribution < -0.4 is 0 Å². The summed E-state index contributed by atoms with van der Waals surface area (Å²) in [4.78, 5) is 4.68. The average molecular weight is 474 g/mol. The highest BCUT2D eigenvalue weighted by Gasteiger charge is 2.16. The Morgan fingerprint density at radius 3 is 2.10 bits per heavy atom. The van der Waals surface area contributed by atoms with Gasteiger partial charge in [-0.1, -0.05) is 41.4 Å². The topological polar surface area (TPSA) is 47.0 Å². The highest BCUT2D eigenvalue weighted by atomic mass is 35.5. The van der Waals surface area contributed by atoms with Gasteiger partial charge in [-0.3, -0.25) is 0 Å². The molecule has 0 saturated heterocycles. The fourth-order valence-corrected chi connectivity index (χ4v) is 4.99. The lowest BCUT2D eigenvalue weighted by Gasteiger charge is -2.15. The third-order valence-corrected chi connectivity index (χ3v) is 7.50. The van der Waals surface area contributed by atoms with E-state index >= 15 is 0 Å². The Balaban J connectivity index is 1.95. The van der Waals surface area contributed by atoms with Gasteiger partial charge in [-0.05, 0) is 71.1 Å². The second kappa shape index (κ2) is 8.16. The lowest BCUT2D eigenvalue weighted by Crippen LogP contribution is -1.96. The molecule has 0 bridgehead atoms. The number of nitrogens with zero attached hydrogens (tertiary/aromatic N) is 1. The van der Waals surface area contributed by atoms with Gasteiger partial charge in [0, 0.05) is 28.4 Å². The molecule has 0 amide bonds. The third-order valence-electron chi connectivity index (χ3n) is 4.83. The molecule has 4 rings (SSSR count). The molecule has 0 aliphatic rings. The molecule has 30 heavy (non-hydrogen) atoms. The van der Waals surface area contributed by atoms with Crippen molar-refractivity contribution in [2.45, 2.75) is 11.8 Å². The van der Waals surface area contributed by atoms with E-state index in [-0.39, 0.29) is 4.90 Å². The van der Waals surface area contributed by atoms with E-state index in [2.05, 4.69) is 4.98 Å². The second-order valence-corrected chi connectivity index (χ2v) is 10.7. The molecule has 1 heterocycles. The van der Waals surface area contributed by atoms with Gasteiger partial charge in [-0.2, -0.15) is 0 Å². The minimum atomic E-state index is -3.27. The zero-order valence-corrected chi connectivity index (χ0v) is 19.3. The molecule has 0 unspecified atom stereocenters. The van der Waals surface area contributed by atoms with E-state index < -0.39 is 9.84 Å². The predicted octanol–water partition coefficient (Wildman–Crippen LogP) is 7.16. The van der Waals surface area contributed by atoms with Crippen LogP contribution in [0.4, 0.5) is 0 Å². The van der Waals surface area contributed by atoms with Gasteiger partial charge in [0.1, 0.15) is 5.01 Å². The van der Waals surface area contributed by atoms with Crippen molar-refractivity contribution < 1.29 is 8.42 Å². The molecule has 0 radical (unpaired) electrons. The Hall–Kier alpha value is -2.18. The third kappa shape index (κ3) is 4.16. The molecular formula is C23H17Cl2NO2S2. The first-order chi connectivity index (χ1) is 14.2. The van der Waals surface area contributed by atoms with E-state index in [1.165, 1.54) is 17.6 Å². The molecule has 0 atom stereocenters. The number of sulfone groups is 1. The average Bonchev–Trinajstić information content (AvgIpc) is 3.24. The number of halogens is 2. The molecule has 0 N–H and O–H groups in total. The zero-order valence-electron chi connectivity index (χ0n) is 16.2. The number of thiazole rings is 1. The molecule has 1 aromatic heterocycles. The lowest BCUT2D eigenvalue weighted by atomic mass is 9.92. The van der Waals surface area contributed by atoms with Crippen molar-refractivity contribution in [2.24, 2.45) is 0 Å². The number of hydrogen-bond acceptors (Lipinski definition) is 4. The van der Waals surface area contributed by atoms with Crippen LogP contribution in [-0.2, 0) is 9.84 Å². The quantitative estimate of drug-likeness (QED) is 0.315. The summed E-state index contributed by atoms with van der Waals surface area (Å²) in [5.74, 6) is 0. The first-order valence-electron chi connectivity index (χ1n) is 9.04. The maximum atomic E-state index is 11.8. The van der Waals surface area contributed by atoms with Gasteiger partial charge < -0.3 is 0 Å². The van der Waals surface area contributed by atoms with Crippen LogP contribution in [0, 0.1) is 6.92 Å². The highest BCUT2D eigenvalue weighted by molar-refractivity contribution is 7.90. The molecule has 3 aromatic carbocycles. The normalized spacial score (nSPS) is 11.6. The summed E-state index contributed by atoms with van der Waals surface area (Å²) >= 11 is 14.4. The van der Waals surface area contributed by atoms with Crippen LogP contribution in [0.5, 0.6) is 0 Å². The van der Waals surface area contributed by atoms with Crippen LogP contribution in [0.25, 0.3) is 32.8 Å². The molecule has 4 aromatic rings. The van der Waals surface area contributed by atoms with Crippen molar-refractivity contribution >= 4 is 44.4 Å². The van der Waals surface area contributed by atoms with E-state index in [1.807, 2.05) is 42.6 Å². The Bertz CT molecular complexity index is 1330. The number of rotatable bonds is 4. The molecule has 7 heteroatoms. The predicted molar refractivity (Wildman–Crippen MR) is 126 cm³/mol. The fourth-order valence-electron chi connectivity index (χ4n) is 3.27. The fraction of sp³-hybridized carbons (Fsp3) is 0.0870. The van der Waals surface area contributed by atoms with Gasteiger partial charge >= 0.3 is 0 Å². The van der Waals surface area contributed by atoms with E-state index in [9.17, 15) is 8.42 Å². The number of aromatic nitrogens is 1. The number of hydrogen-bond donors (Lipinski definition) is 0. The maximum Gasteiger partial charge on any atom is 0.175 e. The van der Waals surface area contributed by atoms with Gasteiger partial charge in [-0.25, -0.2) is 13.4 Å². The van der Waals surface area contributed by atoms with Crippen LogP contribution in [0.15, 0.2) is 71.1 Å². The Morgan fingerprint density at radius 2 is 1.50 bits per heavy atom. The summed E-state index contributed by atoms with van der Waals surface area (Å²) in [6.07, 6.45) is 2.95. The lowest BCUT2D eigenvalue weighted by molar-refractivity contribution is 0.602. The summed E-state index contributed by atoms with van der Waals surface area (Å²) in [6, 6.07) is 16.7. The van der Waals surface area contributed by atoms with Gasteiger partial charge in [0.15, 0.2) is 9.84 Å². The standard InChI is InChI=1S/C23H17Cl2NO2S2/c1-14-11-16(5-8-21(14)24)18-12-20(23-26-9-10-29-23)22(25)13-19(18)15-3-6-17(7-4-15)30(2,27)28/h3-13H,1-2H3. The van der Waals surface area contributed by atoms with E-state index in [0.29, 0.717) is 10.0 Å². The Kier molecular flexibility index (Phi) is 5.73. The molecular weight excluding hydrogens is 457 g/mol. The molecule has 152 valence electrons. The van der Waals surface area contributed by atoms with Crippen molar-refractivity contribution in [3.63, 3.8) is 0 Å². The molecule has 0 aliphatic heterocycles. The van der Waals surface area contributed by atoms with Crippen molar-refractivity contribution in [3.05, 3.63) is 81.8 Å². The summed E-state index contributed by atoms with van der Waals surface area (Å²) in [6.45, 7) is 1.96. The summed E-state index contributed by atoms with van der Waals surface area (Å²) < 4.78 is 23.7. The summed E-state index contributed by atoms with van der Waals surface area (Å²) in [5, 5.41) is 4.04. The van der Waals surface area contributed by atoms with Gasteiger partial charge in [0.2, 0.25) is 0 Å². The summed E-state index contributed by atoms with van der Waals surface area (Å²) in [7, 11) is -3.27. The minimum Gasteiger partial charge on any atom is -0.244 e. The van der Waals surface area contributed by atoms with Crippen LogP contribution in [-0.4, -0.2) is 19.7 Å². The second-order valence-electron chi connectivity index (χ2n) is 6.98. The molecule has 0 fully saturated rings. The van der Waals surface area contributed by atoms with Crippen LogP contribution in [0.1, 0.15) is 5.56 Å². The van der Waals surface area contributed by atoms with Crippen molar-refractivity contribution in [3.8, 4) is 32.8 Å². The van der Waals surface area contributed by atoms with Gasteiger partial charge in [-0.15, -0.1) is 11.3 Å². The van der Waals surface area contributed by atoms with Gasteiger partial charge in [0.05, 0.1) is 9.92 Å². The van der Waals surface area contributed by atoms with Crippen LogP contribution in [0.2, 0.25) is 10.0 Å². The van der Waals surface area contributed by atoms with Crippen LogP contribution >= 0.6 is 34.5 Å². The minimum absolute atomic E-state index is 0.278. The van der Waals surface area contributed by atoms with Crippen molar-refractivity contribution in [1.82, 2.24) is 4.98 Å². The first kappa shape index (κ1) is 21.1. The largest absolute Gasteiger partial charge is 0.244 e. The maximum absolute atomic E-state index is 11.8. The number of aryl methyl sites for hydroxylation is 1. The molecule has 0 aliphatic carbocycles. The summed E-state index contributed by atoms with van der Waals surface area (Å²) in [5.41, 5.74) is 5.56. The molecule has 0 spiro atoms. The first-order valence-corrected chi connectivity index (χ1v) is 12.6. The van der Waals surface area contributed by atoms with E-state index in [0.717, 1.165) is 38.4 Å². The monoisotopic (exact) mass is 473 g/mol. The Labute approximate surface area is 189 Å². The highest BCUT2D eigenvalue weighted by Crippen LogP contribution is 2.41. The zero-order chi connectivity index (χ0) is 21.5. The van der Waals surface area contributed by atoms with Crippen molar-refractivity contribution in [2.75, 3.05) is 6.26 Å². The van der Waals surface area contributed by atoms with E-state index in [4.69, 9.17) is 23.2 Å². The molecule has 0 saturated carbocycles. The smallest absolute Gasteiger partial charge is 0.175 e.